The number of aromatic nitrogens is 1. The molecule has 1 aliphatic carbocycles. The Bertz CT molecular complexity index is 634. The molecule has 0 radical (unpaired) electrons. The molecule has 0 saturated heterocycles. The topological polar surface area (TPSA) is 43.1 Å². The molecule has 0 atom stereocenters. The summed E-state index contributed by atoms with van der Waals surface area (Å²) in [5, 5.41) is 3.75. The fourth-order valence-corrected chi connectivity index (χ4v) is 2.18. The number of benzene rings is 1. The van der Waals surface area contributed by atoms with E-state index in [9.17, 15) is 13.6 Å². The van der Waals surface area contributed by atoms with E-state index in [1.54, 1.807) is 0 Å². The molecule has 2 aromatic rings. The third kappa shape index (κ3) is 1.63. The summed E-state index contributed by atoms with van der Waals surface area (Å²) in [7, 11) is 0. The Balaban J connectivity index is 2.18. The van der Waals surface area contributed by atoms with Gasteiger partial charge in [-0.25, -0.2) is 8.78 Å². The fraction of sp³-hybridized carbons (Fsp3) is 0.231. The number of halogens is 2. The number of Topliss-reactive ketones (excluding diaryl/α,β-unsaturated/α-hetero) is 1. The van der Waals surface area contributed by atoms with Crippen molar-refractivity contribution in [3.63, 3.8) is 0 Å². The zero-order chi connectivity index (χ0) is 12.7. The van der Waals surface area contributed by atoms with E-state index in [-0.39, 0.29) is 17.0 Å². The minimum Gasteiger partial charge on any atom is -0.360 e. The second kappa shape index (κ2) is 4.01. The molecule has 0 amide bonds. The molecule has 3 nitrogen and oxygen atoms in total. The molecule has 0 bridgehead atoms. The van der Waals surface area contributed by atoms with Crippen molar-refractivity contribution < 1.29 is 18.1 Å². The SMILES string of the molecule is O=C1CCCc2onc(-c3ccc(F)cc3F)c21. The average Bonchev–Trinajstić information content (AvgIpc) is 2.74. The molecule has 1 heterocycles. The van der Waals surface area contributed by atoms with Crippen molar-refractivity contribution in [2.45, 2.75) is 19.3 Å². The maximum atomic E-state index is 13.7. The Hall–Kier alpha value is -2.04. The van der Waals surface area contributed by atoms with Crippen molar-refractivity contribution in [3.05, 3.63) is 41.2 Å². The molecule has 0 saturated carbocycles. The predicted molar refractivity (Wildman–Crippen MR) is 59.1 cm³/mol. The molecule has 3 rings (SSSR count). The second-order valence-corrected chi connectivity index (χ2v) is 4.23. The monoisotopic (exact) mass is 249 g/mol. The summed E-state index contributed by atoms with van der Waals surface area (Å²) >= 11 is 0. The first-order valence-electron chi connectivity index (χ1n) is 5.64. The minimum absolute atomic E-state index is 0.0941. The Morgan fingerprint density at radius 2 is 2.06 bits per heavy atom. The van der Waals surface area contributed by atoms with Crippen LogP contribution in [0.5, 0.6) is 0 Å². The summed E-state index contributed by atoms with van der Waals surface area (Å²) in [4.78, 5) is 11.8. The van der Waals surface area contributed by atoms with Crippen LogP contribution in [0.25, 0.3) is 11.3 Å². The standard InChI is InChI=1S/C13H9F2NO2/c14-7-4-5-8(9(15)6-7)13-12-10(17)2-1-3-11(12)18-16-13/h4-6H,1-3H2. The lowest BCUT2D eigenvalue weighted by atomic mass is 9.93. The van der Waals surface area contributed by atoms with Crippen LogP contribution in [0.4, 0.5) is 8.78 Å². The summed E-state index contributed by atoms with van der Waals surface area (Å²) in [6.45, 7) is 0. The van der Waals surface area contributed by atoms with Crippen LogP contribution in [0, 0.1) is 11.6 Å². The van der Waals surface area contributed by atoms with Gasteiger partial charge in [0.05, 0.1) is 5.56 Å². The molecule has 0 spiro atoms. The van der Waals surface area contributed by atoms with Gasteiger partial charge in [0, 0.05) is 24.5 Å². The van der Waals surface area contributed by atoms with E-state index in [0.717, 1.165) is 12.1 Å². The van der Waals surface area contributed by atoms with Gasteiger partial charge in [-0.3, -0.25) is 4.79 Å². The number of aryl methyl sites for hydroxylation is 1. The molecule has 1 aromatic carbocycles. The lowest BCUT2D eigenvalue weighted by molar-refractivity contribution is 0.0969. The van der Waals surface area contributed by atoms with E-state index < -0.39 is 11.6 Å². The Labute approximate surface area is 101 Å². The van der Waals surface area contributed by atoms with Crippen LogP contribution in [0.2, 0.25) is 0 Å². The highest BCUT2D eigenvalue weighted by atomic mass is 19.1. The summed E-state index contributed by atoms with van der Waals surface area (Å²) in [5.41, 5.74) is 0.607. The normalized spacial score (nSPS) is 14.7. The highest BCUT2D eigenvalue weighted by Crippen LogP contribution is 2.32. The number of rotatable bonds is 1. The van der Waals surface area contributed by atoms with Gasteiger partial charge in [-0.15, -0.1) is 0 Å². The smallest absolute Gasteiger partial charge is 0.168 e. The molecule has 0 N–H and O–H groups in total. The highest BCUT2D eigenvalue weighted by molar-refractivity contribution is 6.03. The van der Waals surface area contributed by atoms with Crippen LogP contribution >= 0.6 is 0 Å². The van der Waals surface area contributed by atoms with E-state index in [0.29, 0.717) is 30.6 Å². The largest absolute Gasteiger partial charge is 0.360 e. The summed E-state index contributed by atoms with van der Waals surface area (Å²) in [6, 6.07) is 3.17. The number of ketones is 1. The summed E-state index contributed by atoms with van der Waals surface area (Å²) < 4.78 is 31.6. The van der Waals surface area contributed by atoms with Crippen LogP contribution in [0.3, 0.4) is 0 Å². The summed E-state index contributed by atoms with van der Waals surface area (Å²) in [6.07, 6.45) is 1.74. The van der Waals surface area contributed by atoms with Gasteiger partial charge in [-0.05, 0) is 18.6 Å². The van der Waals surface area contributed by atoms with E-state index in [4.69, 9.17) is 4.52 Å². The van der Waals surface area contributed by atoms with E-state index in [1.807, 2.05) is 0 Å². The van der Waals surface area contributed by atoms with Gasteiger partial charge in [0.25, 0.3) is 0 Å². The lowest BCUT2D eigenvalue weighted by Crippen LogP contribution is -2.09. The quantitative estimate of drug-likeness (QED) is 0.779. The molecule has 18 heavy (non-hydrogen) atoms. The van der Waals surface area contributed by atoms with Crippen molar-refractivity contribution in [3.8, 4) is 11.3 Å². The first kappa shape index (κ1) is 11.1. The van der Waals surface area contributed by atoms with Gasteiger partial charge in [0.15, 0.2) is 5.78 Å². The molecule has 0 fully saturated rings. The van der Waals surface area contributed by atoms with Crippen LogP contribution in [0.1, 0.15) is 29.0 Å². The Kier molecular flexibility index (Phi) is 2.47. The Morgan fingerprint density at radius 1 is 1.22 bits per heavy atom. The highest BCUT2D eigenvalue weighted by Gasteiger charge is 2.28. The van der Waals surface area contributed by atoms with Crippen LogP contribution in [-0.4, -0.2) is 10.9 Å². The number of carbonyl (C=O) groups excluding carboxylic acids is 1. The number of fused-ring (bicyclic) bond motifs is 1. The zero-order valence-electron chi connectivity index (χ0n) is 9.37. The predicted octanol–water partition coefficient (Wildman–Crippen LogP) is 3.14. The van der Waals surface area contributed by atoms with Crippen molar-refractivity contribution in [1.82, 2.24) is 5.16 Å². The van der Waals surface area contributed by atoms with Gasteiger partial charge in [0.2, 0.25) is 0 Å². The van der Waals surface area contributed by atoms with Crippen LogP contribution < -0.4 is 0 Å². The molecular formula is C13H9F2NO2. The van der Waals surface area contributed by atoms with Crippen LogP contribution in [0.15, 0.2) is 22.7 Å². The molecule has 0 aliphatic heterocycles. The minimum atomic E-state index is -0.746. The maximum Gasteiger partial charge on any atom is 0.168 e. The third-order valence-corrected chi connectivity index (χ3v) is 3.04. The van der Waals surface area contributed by atoms with Crippen molar-refractivity contribution >= 4 is 5.78 Å². The lowest BCUT2D eigenvalue weighted by Gasteiger charge is -2.08. The van der Waals surface area contributed by atoms with Crippen LogP contribution in [-0.2, 0) is 6.42 Å². The first-order chi connectivity index (χ1) is 8.66. The third-order valence-electron chi connectivity index (χ3n) is 3.04. The van der Waals surface area contributed by atoms with E-state index in [1.165, 1.54) is 6.07 Å². The van der Waals surface area contributed by atoms with Crippen molar-refractivity contribution in [2.75, 3.05) is 0 Å². The van der Waals surface area contributed by atoms with E-state index in [2.05, 4.69) is 5.16 Å². The number of nitrogens with zero attached hydrogens (tertiary/aromatic N) is 1. The number of carbonyl (C=O) groups is 1. The molecule has 1 aromatic heterocycles. The van der Waals surface area contributed by atoms with E-state index >= 15 is 0 Å². The van der Waals surface area contributed by atoms with Gasteiger partial charge >= 0.3 is 0 Å². The molecular weight excluding hydrogens is 240 g/mol. The average molecular weight is 249 g/mol. The molecule has 92 valence electrons. The van der Waals surface area contributed by atoms with Crippen molar-refractivity contribution in [1.29, 1.82) is 0 Å². The maximum absolute atomic E-state index is 13.7. The van der Waals surface area contributed by atoms with Crippen molar-refractivity contribution in [2.24, 2.45) is 0 Å². The van der Waals surface area contributed by atoms with Gasteiger partial charge in [-0.2, -0.15) is 0 Å². The molecule has 1 aliphatic rings. The van der Waals surface area contributed by atoms with Gasteiger partial charge in [-0.1, -0.05) is 5.16 Å². The number of hydrogen-bond donors (Lipinski definition) is 0. The zero-order valence-corrected chi connectivity index (χ0v) is 9.37. The number of hydrogen-bond acceptors (Lipinski definition) is 3. The Morgan fingerprint density at radius 3 is 2.83 bits per heavy atom. The van der Waals surface area contributed by atoms with Gasteiger partial charge in [0.1, 0.15) is 23.1 Å². The second-order valence-electron chi connectivity index (χ2n) is 4.23. The molecule has 0 unspecified atom stereocenters. The van der Waals surface area contributed by atoms with Gasteiger partial charge < -0.3 is 4.52 Å². The summed E-state index contributed by atoms with van der Waals surface area (Å²) in [5.74, 6) is -1.02. The molecule has 5 heteroatoms. The fourth-order valence-electron chi connectivity index (χ4n) is 2.18. The first-order valence-corrected chi connectivity index (χ1v) is 5.64.